The highest BCUT2D eigenvalue weighted by atomic mass is 19.4. The maximum atomic E-state index is 12.9. The quantitative estimate of drug-likeness (QED) is 0.567. The molecule has 1 aliphatic rings. The van der Waals surface area contributed by atoms with Gasteiger partial charge in [-0.15, -0.1) is 0 Å². The summed E-state index contributed by atoms with van der Waals surface area (Å²) in [5.41, 5.74) is -0.127. The Bertz CT molecular complexity index is 865. The van der Waals surface area contributed by atoms with E-state index in [2.05, 4.69) is 0 Å². The van der Waals surface area contributed by atoms with Gasteiger partial charge in [-0.3, -0.25) is 4.79 Å². The number of carbonyl (C=O) groups excluding carboxylic acids is 1. The van der Waals surface area contributed by atoms with E-state index in [0.29, 0.717) is 69.4 Å². The van der Waals surface area contributed by atoms with Gasteiger partial charge in [0.25, 0.3) is 0 Å². The van der Waals surface area contributed by atoms with Gasteiger partial charge in [0.2, 0.25) is 5.91 Å². The maximum absolute atomic E-state index is 12.9. The molecule has 0 radical (unpaired) electrons. The number of rotatable bonds is 8. The number of hydrogen-bond donors (Lipinski definition) is 0. The zero-order valence-corrected chi connectivity index (χ0v) is 17.5. The molecule has 168 valence electrons. The molecular weight excluding hydrogens is 409 g/mol. The zero-order chi connectivity index (χ0) is 22.3. The van der Waals surface area contributed by atoms with E-state index in [9.17, 15) is 18.0 Å². The summed E-state index contributed by atoms with van der Waals surface area (Å²) in [5, 5.41) is 0. The van der Waals surface area contributed by atoms with Crippen molar-refractivity contribution < 1.29 is 27.4 Å². The molecule has 8 heteroatoms. The Morgan fingerprint density at radius 3 is 2.29 bits per heavy atom. The molecule has 0 spiro atoms. The van der Waals surface area contributed by atoms with Crippen molar-refractivity contribution in [2.24, 2.45) is 0 Å². The van der Waals surface area contributed by atoms with Crippen LogP contribution in [-0.4, -0.2) is 50.2 Å². The molecule has 0 atom stereocenters. The van der Waals surface area contributed by atoms with E-state index in [1.807, 2.05) is 36.1 Å². The first-order valence-corrected chi connectivity index (χ1v) is 10.4. The zero-order valence-electron chi connectivity index (χ0n) is 17.5. The van der Waals surface area contributed by atoms with Gasteiger partial charge in [-0.1, -0.05) is 18.2 Å². The highest BCUT2D eigenvalue weighted by molar-refractivity contribution is 5.76. The minimum atomic E-state index is -4.36. The second kappa shape index (κ2) is 10.4. The third-order valence-corrected chi connectivity index (χ3v) is 5.11. The molecule has 1 saturated heterocycles. The molecule has 2 aromatic rings. The Balaban J connectivity index is 1.43. The SMILES string of the molecule is CCOc1ccccc1OCCCC(=O)N1CCN(c2cccc(C(F)(F)F)c2)CC1. The molecule has 2 aromatic carbocycles. The number of ether oxygens (including phenoxy) is 2. The van der Waals surface area contributed by atoms with Crippen LogP contribution in [0, 0.1) is 0 Å². The van der Waals surface area contributed by atoms with E-state index < -0.39 is 11.7 Å². The summed E-state index contributed by atoms with van der Waals surface area (Å²) >= 11 is 0. The lowest BCUT2D eigenvalue weighted by Crippen LogP contribution is -2.48. The fourth-order valence-corrected chi connectivity index (χ4v) is 3.50. The average Bonchev–Trinajstić information content (AvgIpc) is 2.77. The molecular formula is C23H27F3N2O3. The topological polar surface area (TPSA) is 42.0 Å². The molecule has 0 saturated carbocycles. The van der Waals surface area contributed by atoms with Crippen LogP contribution in [0.15, 0.2) is 48.5 Å². The fourth-order valence-electron chi connectivity index (χ4n) is 3.50. The van der Waals surface area contributed by atoms with Crippen LogP contribution in [0.2, 0.25) is 0 Å². The van der Waals surface area contributed by atoms with Crippen molar-refractivity contribution in [1.82, 2.24) is 4.90 Å². The summed E-state index contributed by atoms with van der Waals surface area (Å²) in [6.07, 6.45) is -3.42. The summed E-state index contributed by atoms with van der Waals surface area (Å²) in [6.45, 7) is 4.84. The summed E-state index contributed by atoms with van der Waals surface area (Å²) in [5.74, 6) is 1.37. The Labute approximate surface area is 180 Å². The molecule has 31 heavy (non-hydrogen) atoms. The smallest absolute Gasteiger partial charge is 0.416 e. The molecule has 1 fully saturated rings. The van der Waals surface area contributed by atoms with Crippen molar-refractivity contribution in [2.75, 3.05) is 44.3 Å². The van der Waals surface area contributed by atoms with Crippen molar-refractivity contribution in [3.8, 4) is 11.5 Å². The Hall–Kier alpha value is -2.90. The number of benzene rings is 2. The predicted molar refractivity (Wildman–Crippen MR) is 113 cm³/mol. The van der Waals surface area contributed by atoms with Gasteiger partial charge in [0, 0.05) is 38.3 Å². The normalized spacial score (nSPS) is 14.5. The molecule has 1 aliphatic heterocycles. The van der Waals surface area contributed by atoms with Crippen LogP contribution in [-0.2, 0) is 11.0 Å². The van der Waals surface area contributed by atoms with Gasteiger partial charge >= 0.3 is 6.18 Å². The van der Waals surface area contributed by atoms with Crippen molar-refractivity contribution in [1.29, 1.82) is 0 Å². The number of halogens is 3. The van der Waals surface area contributed by atoms with Gasteiger partial charge < -0.3 is 19.3 Å². The standard InChI is InChI=1S/C23H27F3N2O3/c1-2-30-20-9-3-4-10-21(20)31-16-6-11-22(29)28-14-12-27(13-15-28)19-8-5-7-18(17-19)23(24,25)26/h3-5,7-10,17H,2,6,11-16H2,1H3. The third kappa shape index (κ3) is 6.29. The highest BCUT2D eigenvalue weighted by Crippen LogP contribution is 2.32. The lowest BCUT2D eigenvalue weighted by molar-refractivity contribution is -0.137. The second-order valence-electron chi connectivity index (χ2n) is 7.25. The van der Waals surface area contributed by atoms with E-state index in [4.69, 9.17) is 9.47 Å². The number of hydrogen-bond acceptors (Lipinski definition) is 4. The van der Waals surface area contributed by atoms with Crippen LogP contribution >= 0.6 is 0 Å². The Kier molecular flexibility index (Phi) is 7.65. The number of anilines is 1. The van der Waals surface area contributed by atoms with Crippen LogP contribution in [0.5, 0.6) is 11.5 Å². The van der Waals surface area contributed by atoms with Crippen molar-refractivity contribution in [2.45, 2.75) is 25.9 Å². The van der Waals surface area contributed by atoms with Crippen LogP contribution < -0.4 is 14.4 Å². The molecule has 0 aliphatic carbocycles. The summed E-state index contributed by atoms with van der Waals surface area (Å²) < 4.78 is 50.1. The maximum Gasteiger partial charge on any atom is 0.416 e. The van der Waals surface area contributed by atoms with E-state index in [1.165, 1.54) is 6.07 Å². The predicted octanol–water partition coefficient (Wildman–Crippen LogP) is 4.61. The number of alkyl halides is 3. The number of piperazine rings is 1. The molecule has 3 rings (SSSR count). The highest BCUT2D eigenvalue weighted by Gasteiger charge is 2.31. The fraction of sp³-hybridized carbons (Fsp3) is 0.435. The molecule has 1 amide bonds. The van der Waals surface area contributed by atoms with Crippen molar-refractivity contribution in [3.63, 3.8) is 0 Å². The first-order chi connectivity index (χ1) is 14.9. The van der Waals surface area contributed by atoms with E-state index >= 15 is 0 Å². The summed E-state index contributed by atoms with van der Waals surface area (Å²) in [4.78, 5) is 16.1. The largest absolute Gasteiger partial charge is 0.490 e. The monoisotopic (exact) mass is 436 g/mol. The summed E-state index contributed by atoms with van der Waals surface area (Å²) in [7, 11) is 0. The second-order valence-corrected chi connectivity index (χ2v) is 7.25. The minimum Gasteiger partial charge on any atom is -0.490 e. The van der Waals surface area contributed by atoms with E-state index in [0.717, 1.165) is 12.1 Å². The van der Waals surface area contributed by atoms with Crippen molar-refractivity contribution in [3.05, 3.63) is 54.1 Å². The van der Waals surface area contributed by atoms with Crippen LogP contribution in [0.3, 0.4) is 0 Å². The van der Waals surface area contributed by atoms with Crippen LogP contribution in [0.1, 0.15) is 25.3 Å². The third-order valence-electron chi connectivity index (χ3n) is 5.11. The molecule has 0 aromatic heterocycles. The molecule has 0 bridgehead atoms. The van der Waals surface area contributed by atoms with E-state index in [1.54, 1.807) is 11.0 Å². The number of carbonyl (C=O) groups is 1. The minimum absolute atomic E-state index is 0.0328. The molecule has 0 N–H and O–H groups in total. The first kappa shape index (κ1) is 22.8. The van der Waals surface area contributed by atoms with Gasteiger partial charge in [0.1, 0.15) is 0 Å². The van der Waals surface area contributed by atoms with Crippen molar-refractivity contribution >= 4 is 11.6 Å². The lowest BCUT2D eigenvalue weighted by Gasteiger charge is -2.36. The average molecular weight is 436 g/mol. The molecule has 0 unspecified atom stereocenters. The van der Waals surface area contributed by atoms with Gasteiger partial charge in [0.15, 0.2) is 11.5 Å². The Morgan fingerprint density at radius 1 is 0.968 bits per heavy atom. The van der Waals surface area contributed by atoms with Crippen LogP contribution in [0.25, 0.3) is 0 Å². The lowest BCUT2D eigenvalue weighted by atomic mass is 10.1. The number of nitrogens with zero attached hydrogens (tertiary/aromatic N) is 2. The van der Waals surface area contributed by atoms with Gasteiger partial charge in [-0.2, -0.15) is 13.2 Å². The number of amides is 1. The Morgan fingerprint density at radius 2 is 1.65 bits per heavy atom. The van der Waals surface area contributed by atoms with Gasteiger partial charge in [-0.05, 0) is 43.7 Å². The molecule has 1 heterocycles. The van der Waals surface area contributed by atoms with Gasteiger partial charge in [-0.25, -0.2) is 0 Å². The van der Waals surface area contributed by atoms with Crippen LogP contribution in [0.4, 0.5) is 18.9 Å². The van der Waals surface area contributed by atoms with E-state index in [-0.39, 0.29) is 5.91 Å². The summed E-state index contributed by atoms with van der Waals surface area (Å²) in [6, 6.07) is 12.7. The number of para-hydroxylation sites is 2. The molecule has 5 nitrogen and oxygen atoms in total. The van der Waals surface area contributed by atoms with Gasteiger partial charge in [0.05, 0.1) is 18.8 Å². The first-order valence-electron chi connectivity index (χ1n) is 10.4.